The third-order valence-electron chi connectivity index (χ3n) is 4.63. The van der Waals surface area contributed by atoms with E-state index in [4.69, 9.17) is 0 Å². The highest BCUT2D eigenvalue weighted by atomic mass is 19.1. The van der Waals surface area contributed by atoms with E-state index < -0.39 is 23.4 Å². The minimum Gasteiger partial charge on any atom is -0.322 e. The second-order valence-corrected chi connectivity index (χ2v) is 6.14. The summed E-state index contributed by atoms with van der Waals surface area (Å²) in [4.78, 5) is 16.2. The quantitative estimate of drug-likeness (QED) is 0.916. The van der Waals surface area contributed by atoms with Gasteiger partial charge in [0.25, 0.3) is 0 Å². The lowest BCUT2D eigenvalue weighted by Crippen LogP contribution is -2.50. The maximum atomic E-state index is 13.7. The van der Waals surface area contributed by atoms with Crippen LogP contribution >= 0.6 is 0 Å². The van der Waals surface area contributed by atoms with Crippen molar-refractivity contribution in [2.75, 3.05) is 31.5 Å². The standard InChI is InChI=1S/C19H21F2N3O/c1-14(15-6-3-2-4-7-15)23-10-12-24(13-11-23)19(25)22-18-16(20)8-5-9-17(18)21/h2-9,14H,10-13H2,1H3,(H,22,25). The van der Waals surface area contributed by atoms with Crippen LogP contribution in [0, 0.1) is 11.6 Å². The van der Waals surface area contributed by atoms with Crippen LogP contribution < -0.4 is 5.32 Å². The number of halogens is 2. The summed E-state index contributed by atoms with van der Waals surface area (Å²) in [6.07, 6.45) is 0. The predicted molar refractivity (Wildman–Crippen MR) is 93.4 cm³/mol. The van der Waals surface area contributed by atoms with Gasteiger partial charge in [0.05, 0.1) is 0 Å². The Labute approximate surface area is 146 Å². The van der Waals surface area contributed by atoms with Crippen LogP contribution in [0.4, 0.5) is 19.3 Å². The fourth-order valence-electron chi connectivity index (χ4n) is 3.06. The molecule has 0 radical (unpaired) electrons. The Bertz CT molecular complexity index is 710. The smallest absolute Gasteiger partial charge is 0.322 e. The molecule has 2 aromatic rings. The highest BCUT2D eigenvalue weighted by molar-refractivity contribution is 5.89. The summed E-state index contributed by atoms with van der Waals surface area (Å²) in [7, 11) is 0. The Morgan fingerprint density at radius 2 is 1.56 bits per heavy atom. The van der Waals surface area contributed by atoms with Gasteiger partial charge in [0.2, 0.25) is 0 Å². The fourth-order valence-corrected chi connectivity index (χ4v) is 3.06. The first-order valence-corrected chi connectivity index (χ1v) is 8.35. The van der Waals surface area contributed by atoms with Crippen molar-refractivity contribution in [3.63, 3.8) is 0 Å². The van der Waals surface area contributed by atoms with Gasteiger partial charge in [-0.3, -0.25) is 4.90 Å². The first kappa shape index (κ1) is 17.4. The van der Waals surface area contributed by atoms with Crippen molar-refractivity contribution in [3.05, 3.63) is 65.7 Å². The molecule has 0 saturated carbocycles. The average Bonchev–Trinajstić information content (AvgIpc) is 2.65. The van der Waals surface area contributed by atoms with Crippen molar-refractivity contribution < 1.29 is 13.6 Å². The van der Waals surface area contributed by atoms with Crippen LogP contribution in [-0.4, -0.2) is 42.0 Å². The third-order valence-corrected chi connectivity index (χ3v) is 4.63. The van der Waals surface area contributed by atoms with Crippen LogP contribution in [0.2, 0.25) is 0 Å². The van der Waals surface area contributed by atoms with E-state index in [9.17, 15) is 13.6 Å². The van der Waals surface area contributed by atoms with Crippen LogP contribution in [0.5, 0.6) is 0 Å². The summed E-state index contributed by atoms with van der Waals surface area (Å²) in [6.45, 7) is 4.59. The molecular weight excluding hydrogens is 324 g/mol. The number of hydrogen-bond donors (Lipinski definition) is 1. The molecule has 25 heavy (non-hydrogen) atoms. The molecule has 0 spiro atoms. The predicted octanol–water partition coefficient (Wildman–Crippen LogP) is 3.88. The maximum absolute atomic E-state index is 13.7. The van der Waals surface area contributed by atoms with Gasteiger partial charge in [-0.05, 0) is 24.6 Å². The van der Waals surface area contributed by atoms with Crippen LogP contribution in [-0.2, 0) is 0 Å². The molecule has 1 aliphatic rings. The summed E-state index contributed by atoms with van der Waals surface area (Å²) >= 11 is 0. The van der Waals surface area contributed by atoms with Crippen molar-refractivity contribution in [1.29, 1.82) is 0 Å². The Morgan fingerprint density at radius 1 is 0.960 bits per heavy atom. The third kappa shape index (κ3) is 3.96. The van der Waals surface area contributed by atoms with Crippen LogP contribution in [0.1, 0.15) is 18.5 Å². The number of benzene rings is 2. The zero-order valence-corrected chi connectivity index (χ0v) is 14.1. The number of para-hydroxylation sites is 1. The second kappa shape index (κ2) is 7.61. The minimum absolute atomic E-state index is 0.260. The lowest BCUT2D eigenvalue weighted by molar-refractivity contribution is 0.119. The van der Waals surface area contributed by atoms with Gasteiger partial charge in [-0.25, -0.2) is 13.6 Å². The van der Waals surface area contributed by atoms with E-state index in [-0.39, 0.29) is 6.04 Å². The Hall–Kier alpha value is -2.47. The number of nitrogens with one attached hydrogen (secondary N) is 1. The number of carbonyl (C=O) groups excluding carboxylic acids is 1. The number of anilines is 1. The van der Waals surface area contributed by atoms with Crippen molar-refractivity contribution in [1.82, 2.24) is 9.80 Å². The Balaban J connectivity index is 1.58. The van der Waals surface area contributed by atoms with Crippen LogP contribution in [0.3, 0.4) is 0 Å². The SMILES string of the molecule is CC(c1ccccc1)N1CCN(C(=O)Nc2c(F)cccc2F)CC1. The number of carbonyl (C=O) groups is 1. The monoisotopic (exact) mass is 345 g/mol. The highest BCUT2D eigenvalue weighted by Gasteiger charge is 2.25. The van der Waals surface area contributed by atoms with E-state index in [0.717, 1.165) is 12.1 Å². The van der Waals surface area contributed by atoms with Gasteiger partial charge in [-0.1, -0.05) is 36.4 Å². The molecular formula is C19H21F2N3O. The number of amides is 2. The molecule has 6 heteroatoms. The molecule has 1 heterocycles. The number of nitrogens with zero attached hydrogens (tertiary/aromatic N) is 2. The van der Waals surface area contributed by atoms with Crippen molar-refractivity contribution in [3.8, 4) is 0 Å². The van der Waals surface area contributed by atoms with Gasteiger partial charge in [0.15, 0.2) is 0 Å². The van der Waals surface area contributed by atoms with Gasteiger partial charge in [0.1, 0.15) is 17.3 Å². The van der Waals surface area contributed by atoms with E-state index in [1.165, 1.54) is 11.6 Å². The van der Waals surface area contributed by atoms with Gasteiger partial charge in [-0.2, -0.15) is 0 Å². The lowest BCUT2D eigenvalue weighted by Gasteiger charge is -2.38. The molecule has 1 N–H and O–H groups in total. The molecule has 0 aromatic heterocycles. The highest BCUT2D eigenvalue weighted by Crippen LogP contribution is 2.22. The summed E-state index contributed by atoms with van der Waals surface area (Å²) in [5, 5.41) is 2.34. The number of rotatable bonds is 3. The largest absolute Gasteiger partial charge is 0.322 e. The van der Waals surface area contributed by atoms with Crippen molar-refractivity contribution >= 4 is 11.7 Å². The molecule has 1 unspecified atom stereocenters. The number of hydrogen-bond acceptors (Lipinski definition) is 2. The van der Waals surface area contributed by atoms with Crippen molar-refractivity contribution in [2.45, 2.75) is 13.0 Å². The minimum atomic E-state index is -0.773. The number of urea groups is 1. The van der Waals surface area contributed by atoms with Gasteiger partial charge < -0.3 is 10.2 Å². The molecule has 1 atom stereocenters. The van der Waals surface area contributed by atoms with Gasteiger partial charge in [0, 0.05) is 32.2 Å². The van der Waals surface area contributed by atoms with Crippen molar-refractivity contribution in [2.24, 2.45) is 0 Å². The molecule has 4 nitrogen and oxygen atoms in total. The first-order valence-electron chi connectivity index (χ1n) is 8.35. The molecule has 1 saturated heterocycles. The Morgan fingerprint density at radius 3 is 2.16 bits per heavy atom. The number of piperazine rings is 1. The van der Waals surface area contributed by atoms with E-state index >= 15 is 0 Å². The Kier molecular flexibility index (Phi) is 5.28. The molecule has 3 rings (SSSR count). The molecule has 1 aliphatic heterocycles. The van der Waals surface area contributed by atoms with E-state index in [2.05, 4.69) is 29.3 Å². The van der Waals surface area contributed by atoms with Crippen LogP contribution in [0.15, 0.2) is 48.5 Å². The molecule has 1 fully saturated rings. The zero-order chi connectivity index (χ0) is 17.8. The second-order valence-electron chi connectivity index (χ2n) is 6.14. The summed E-state index contributed by atoms with van der Waals surface area (Å²) in [5.41, 5.74) is 0.835. The molecule has 2 amide bonds. The summed E-state index contributed by atoms with van der Waals surface area (Å²) in [6, 6.07) is 13.5. The summed E-state index contributed by atoms with van der Waals surface area (Å²) in [5.74, 6) is -1.55. The van der Waals surface area contributed by atoms with E-state index in [0.29, 0.717) is 26.2 Å². The molecule has 0 bridgehead atoms. The van der Waals surface area contributed by atoms with E-state index in [1.807, 2.05) is 18.2 Å². The molecule has 2 aromatic carbocycles. The van der Waals surface area contributed by atoms with E-state index in [1.54, 1.807) is 4.90 Å². The fraction of sp³-hybridized carbons (Fsp3) is 0.316. The lowest BCUT2D eigenvalue weighted by atomic mass is 10.1. The summed E-state index contributed by atoms with van der Waals surface area (Å²) < 4.78 is 27.3. The first-order chi connectivity index (χ1) is 12.1. The average molecular weight is 345 g/mol. The normalized spacial score (nSPS) is 16.5. The zero-order valence-electron chi connectivity index (χ0n) is 14.1. The maximum Gasteiger partial charge on any atom is 0.322 e. The molecule has 132 valence electrons. The topological polar surface area (TPSA) is 35.6 Å². The van der Waals surface area contributed by atoms with Gasteiger partial charge >= 0.3 is 6.03 Å². The van der Waals surface area contributed by atoms with Crippen LogP contribution in [0.25, 0.3) is 0 Å². The molecule has 0 aliphatic carbocycles. The van der Waals surface area contributed by atoms with Gasteiger partial charge in [-0.15, -0.1) is 0 Å².